The van der Waals surface area contributed by atoms with E-state index in [1.807, 2.05) is 6.07 Å². The Morgan fingerprint density at radius 1 is 1.46 bits per heavy atom. The Kier molecular flexibility index (Phi) is 3.04. The van der Waals surface area contributed by atoms with Crippen molar-refractivity contribution in [1.29, 1.82) is 5.26 Å². The van der Waals surface area contributed by atoms with E-state index in [9.17, 15) is 4.39 Å². The van der Waals surface area contributed by atoms with Gasteiger partial charge in [-0.15, -0.1) is 0 Å². The van der Waals surface area contributed by atoms with Crippen molar-refractivity contribution in [2.24, 2.45) is 0 Å². The van der Waals surface area contributed by atoms with Gasteiger partial charge in [0, 0.05) is 6.07 Å². The molecule has 66 valence electrons. The summed E-state index contributed by atoms with van der Waals surface area (Å²) >= 11 is 0. The third kappa shape index (κ3) is 2.96. The normalized spacial score (nSPS) is 10.2. The molecule has 0 bridgehead atoms. The van der Waals surface area contributed by atoms with Crippen molar-refractivity contribution >= 4 is 6.08 Å². The monoisotopic (exact) mass is 177 g/mol. The highest BCUT2D eigenvalue weighted by Crippen LogP contribution is 2.15. The van der Waals surface area contributed by atoms with E-state index in [2.05, 4.69) is 0 Å². The Balaban J connectivity index is 2.84. The molecule has 0 aliphatic rings. The number of halogens is 1. The van der Waals surface area contributed by atoms with Gasteiger partial charge < -0.3 is 5.11 Å². The Labute approximate surface area is 75.6 Å². The maximum atomic E-state index is 12.7. The summed E-state index contributed by atoms with van der Waals surface area (Å²) in [7, 11) is 0. The van der Waals surface area contributed by atoms with Crippen LogP contribution < -0.4 is 0 Å². The number of aromatic hydroxyl groups is 1. The van der Waals surface area contributed by atoms with Gasteiger partial charge in [0.1, 0.15) is 11.6 Å². The van der Waals surface area contributed by atoms with Gasteiger partial charge in [0.05, 0.1) is 12.5 Å². The molecule has 0 fully saturated rings. The number of benzene rings is 1. The van der Waals surface area contributed by atoms with Gasteiger partial charge in [-0.2, -0.15) is 5.26 Å². The highest BCUT2D eigenvalue weighted by atomic mass is 19.1. The Morgan fingerprint density at radius 3 is 2.85 bits per heavy atom. The van der Waals surface area contributed by atoms with E-state index >= 15 is 0 Å². The second-order valence-corrected chi connectivity index (χ2v) is 2.51. The van der Waals surface area contributed by atoms with Crippen LogP contribution in [0.4, 0.5) is 4.39 Å². The van der Waals surface area contributed by atoms with Crippen LogP contribution in [0.25, 0.3) is 6.08 Å². The first-order chi connectivity index (χ1) is 6.22. The second kappa shape index (κ2) is 4.27. The molecule has 0 aromatic heterocycles. The summed E-state index contributed by atoms with van der Waals surface area (Å²) in [5, 5.41) is 17.2. The minimum absolute atomic E-state index is 0.114. The standard InChI is InChI=1S/C10H8FNO/c11-9-5-8(3-1-2-4-12)6-10(13)7-9/h1,3,5-7,13H,2H2. The lowest BCUT2D eigenvalue weighted by Gasteiger charge is -1.95. The molecule has 0 heterocycles. The highest BCUT2D eigenvalue weighted by molar-refractivity contribution is 5.51. The number of nitriles is 1. The van der Waals surface area contributed by atoms with Crippen LogP contribution in [-0.2, 0) is 0 Å². The largest absolute Gasteiger partial charge is 0.508 e. The van der Waals surface area contributed by atoms with Crippen molar-refractivity contribution in [2.45, 2.75) is 6.42 Å². The van der Waals surface area contributed by atoms with Crippen molar-refractivity contribution in [1.82, 2.24) is 0 Å². The minimum Gasteiger partial charge on any atom is -0.508 e. The molecule has 3 heteroatoms. The predicted octanol–water partition coefficient (Wildman–Crippen LogP) is 2.46. The molecule has 0 amide bonds. The number of allylic oxidation sites excluding steroid dienone is 1. The Hall–Kier alpha value is -1.82. The van der Waals surface area contributed by atoms with Gasteiger partial charge >= 0.3 is 0 Å². The van der Waals surface area contributed by atoms with Crippen molar-refractivity contribution in [3.05, 3.63) is 35.7 Å². The molecule has 1 N–H and O–H groups in total. The molecule has 13 heavy (non-hydrogen) atoms. The Morgan fingerprint density at radius 2 is 2.23 bits per heavy atom. The fraction of sp³-hybridized carbons (Fsp3) is 0.100. The van der Waals surface area contributed by atoms with Gasteiger partial charge in [-0.3, -0.25) is 0 Å². The van der Waals surface area contributed by atoms with Crippen molar-refractivity contribution in [3.8, 4) is 11.8 Å². The first-order valence-electron chi connectivity index (χ1n) is 3.75. The average molecular weight is 177 g/mol. The molecule has 1 aromatic carbocycles. The summed E-state index contributed by atoms with van der Waals surface area (Å²) in [6.45, 7) is 0. The van der Waals surface area contributed by atoms with E-state index in [1.165, 1.54) is 12.1 Å². The molecule has 0 saturated carbocycles. The van der Waals surface area contributed by atoms with Gasteiger partial charge in [0.25, 0.3) is 0 Å². The second-order valence-electron chi connectivity index (χ2n) is 2.51. The van der Waals surface area contributed by atoms with Crippen LogP contribution in [0, 0.1) is 17.1 Å². The number of rotatable bonds is 2. The molecule has 0 radical (unpaired) electrons. The SMILES string of the molecule is N#CCC=Cc1cc(O)cc(F)c1. The van der Waals surface area contributed by atoms with E-state index in [0.29, 0.717) is 5.56 Å². The number of phenols is 1. The molecule has 0 aliphatic heterocycles. The molecule has 1 aromatic rings. The van der Waals surface area contributed by atoms with Gasteiger partial charge in [-0.25, -0.2) is 4.39 Å². The summed E-state index contributed by atoms with van der Waals surface area (Å²) in [5.41, 5.74) is 0.549. The summed E-state index contributed by atoms with van der Waals surface area (Å²) < 4.78 is 12.7. The third-order valence-corrected chi connectivity index (χ3v) is 1.42. The fourth-order valence-corrected chi connectivity index (χ4v) is 0.940. The minimum atomic E-state index is -0.489. The average Bonchev–Trinajstić information content (AvgIpc) is 2.03. The van der Waals surface area contributed by atoms with Crippen LogP contribution in [-0.4, -0.2) is 5.11 Å². The summed E-state index contributed by atoms with van der Waals surface area (Å²) in [6.07, 6.45) is 3.47. The summed E-state index contributed by atoms with van der Waals surface area (Å²) in [5.74, 6) is -0.604. The molecule has 0 unspecified atom stereocenters. The van der Waals surface area contributed by atoms with E-state index in [4.69, 9.17) is 10.4 Å². The fourth-order valence-electron chi connectivity index (χ4n) is 0.940. The van der Waals surface area contributed by atoms with E-state index in [1.54, 1.807) is 12.2 Å². The lowest BCUT2D eigenvalue weighted by Crippen LogP contribution is -1.77. The van der Waals surface area contributed by atoms with Crippen LogP contribution >= 0.6 is 0 Å². The van der Waals surface area contributed by atoms with Crippen LogP contribution in [0.15, 0.2) is 24.3 Å². The van der Waals surface area contributed by atoms with Gasteiger partial charge in [-0.1, -0.05) is 12.2 Å². The van der Waals surface area contributed by atoms with E-state index < -0.39 is 5.82 Å². The van der Waals surface area contributed by atoms with Crippen LogP contribution in [0.1, 0.15) is 12.0 Å². The number of phenolic OH excluding ortho intramolecular Hbond substituents is 1. The molecule has 1 rings (SSSR count). The predicted molar refractivity (Wildman–Crippen MR) is 47.3 cm³/mol. The first-order valence-corrected chi connectivity index (χ1v) is 3.75. The first kappa shape index (κ1) is 9.27. The zero-order chi connectivity index (χ0) is 9.68. The lowest BCUT2D eigenvalue weighted by atomic mass is 10.2. The lowest BCUT2D eigenvalue weighted by molar-refractivity contribution is 0.469. The van der Waals surface area contributed by atoms with Gasteiger partial charge in [0.2, 0.25) is 0 Å². The molecule has 0 spiro atoms. The zero-order valence-corrected chi connectivity index (χ0v) is 6.87. The molecule has 2 nitrogen and oxygen atoms in total. The summed E-state index contributed by atoms with van der Waals surface area (Å²) in [6, 6.07) is 5.67. The van der Waals surface area contributed by atoms with Crippen molar-refractivity contribution in [3.63, 3.8) is 0 Å². The summed E-state index contributed by atoms with van der Waals surface area (Å²) in [4.78, 5) is 0. The topological polar surface area (TPSA) is 44.0 Å². The molecule has 0 atom stereocenters. The van der Waals surface area contributed by atoms with E-state index in [-0.39, 0.29) is 12.2 Å². The van der Waals surface area contributed by atoms with Crippen molar-refractivity contribution < 1.29 is 9.50 Å². The van der Waals surface area contributed by atoms with Crippen LogP contribution in [0.5, 0.6) is 5.75 Å². The molecular weight excluding hydrogens is 169 g/mol. The maximum Gasteiger partial charge on any atom is 0.127 e. The smallest absolute Gasteiger partial charge is 0.127 e. The molecular formula is C10H8FNO. The Bertz CT molecular complexity index is 345. The van der Waals surface area contributed by atoms with Crippen molar-refractivity contribution in [2.75, 3.05) is 0 Å². The molecule has 0 aliphatic carbocycles. The number of nitrogens with zero attached hydrogens (tertiary/aromatic N) is 1. The highest BCUT2D eigenvalue weighted by Gasteiger charge is 1.95. The number of hydrogen-bond acceptors (Lipinski definition) is 2. The zero-order valence-electron chi connectivity index (χ0n) is 6.87. The van der Waals surface area contributed by atoms with E-state index in [0.717, 1.165) is 6.07 Å². The number of hydrogen-bond donors (Lipinski definition) is 1. The van der Waals surface area contributed by atoms with Crippen LogP contribution in [0.3, 0.4) is 0 Å². The van der Waals surface area contributed by atoms with Crippen LogP contribution in [0.2, 0.25) is 0 Å². The molecule has 0 saturated heterocycles. The quantitative estimate of drug-likeness (QED) is 0.754. The maximum absolute atomic E-state index is 12.7. The van der Waals surface area contributed by atoms with Gasteiger partial charge in [0.15, 0.2) is 0 Å². The third-order valence-electron chi connectivity index (χ3n) is 1.42. The van der Waals surface area contributed by atoms with Gasteiger partial charge in [-0.05, 0) is 17.7 Å².